The smallest absolute Gasteiger partial charge is 0.266 e. The minimum absolute atomic E-state index is 0.0207. The fraction of sp³-hybridized carbons (Fsp3) is 0.600. The first-order valence-corrected chi connectivity index (χ1v) is 4.95. The molecule has 0 heterocycles. The molecule has 15 heavy (non-hydrogen) atoms. The lowest BCUT2D eigenvalue weighted by molar-refractivity contribution is -0.419. The van der Waals surface area contributed by atoms with Gasteiger partial charge in [0.25, 0.3) is 5.70 Å². The molecule has 84 valence electrons. The number of nitrogens with zero attached hydrogens (tertiary/aromatic N) is 1. The van der Waals surface area contributed by atoms with E-state index in [4.69, 9.17) is 11.5 Å². The molecule has 0 spiro atoms. The highest BCUT2D eigenvalue weighted by Gasteiger charge is 2.34. The van der Waals surface area contributed by atoms with Crippen LogP contribution in [0, 0.1) is 16.0 Å². The molecule has 0 bridgehead atoms. The fourth-order valence-electron chi connectivity index (χ4n) is 1.78. The Labute approximate surface area is 89.0 Å². The minimum Gasteiger partial charge on any atom is -0.322 e. The maximum Gasteiger partial charge on any atom is 0.266 e. The molecule has 0 aromatic rings. The molecule has 0 amide bonds. The third kappa shape index (κ3) is 2.64. The summed E-state index contributed by atoms with van der Waals surface area (Å²) < 4.78 is 0. The van der Waals surface area contributed by atoms with Crippen LogP contribution in [-0.2, 0) is 0 Å². The Hall–Kier alpha value is -1.20. The Morgan fingerprint density at radius 3 is 2.67 bits per heavy atom. The molecule has 2 atom stereocenters. The summed E-state index contributed by atoms with van der Waals surface area (Å²) in [5.74, 6) is 0.399. The second kappa shape index (κ2) is 4.12. The van der Waals surface area contributed by atoms with E-state index >= 15 is 0 Å². The Morgan fingerprint density at radius 2 is 2.27 bits per heavy atom. The molecule has 0 saturated heterocycles. The van der Waals surface area contributed by atoms with Gasteiger partial charge in [0.05, 0.1) is 16.5 Å². The fourth-order valence-corrected chi connectivity index (χ4v) is 1.78. The summed E-state index contributed by atoms with van der Waals surface area (Å²) in [6.07, 6.45) is 5.22. The van der Waals surface area contributed by atoms with Gasteiger partial charge in [0.2, 0.25) is 0 Å². The lowest BCUT2D eigenvalue weighted by Crippen LogP contribution is -2.55. The van der Waals surface area contributed by atoms with Crippen LogP contribution in [0.5, 0.6) is 0 Å². The van der Waals surface area contributed by atoms with Crippen molar-refractivity contribution in [3.05, 3.63) is 34.0 Å². The highest BCUT2D eigenvalue weighted by molar-refractivity contribution is 5.29. The van der Waals surface area contributed by atoms with Crippen molar-refractivity contribution < 1.29 is 4.92 Å². The maximum absolute atomic E-state index is 10.5. The molecule has 5 nitrogen and oxygen atoms in total. The Morgan fingerprint density at radius 1 is 1.67 bits per heavy atom. The molecule has 0 radical (unpaired) electrons. The average Bonchev–Trinajstić information content (AvgIpc) is 2.08. The molecule has 4 N–H and O–H groups in total. The van der Waals surface area contributed by atoms with Crippen molar-refractivity contribution in [1.82, 2.24) is 0 Å². The molecule has 5 heteroatoms. The number of allylic oxidation sites excluding steroid dienone is 1. The van der Waals surface area contributed by atoms with E-state index in [1.54, 1.807) is 6.08 Å². The lowest BCUT2D eigenvalue weighted by Gasteiger charge is -2.33. The van der Waals surface area contributed by atoms with Crippen LogP contribution in [0.25, 0.3) is 0 Å². The van der Waals surface area contributed by atoms with Gasteiger partial charge in [-0.1, -0.05) is 19.9 Å². The predicted octanol–water partition coefficient (Wildman–Crippen LogP) is 0.788. The molecular weight excluding hydrogens is 194 g/mol. The van der Waals surface area contributed by atoms with Crippen molar-refractivity contribution in [3.8, 4) is 0 Å². The van der Waals surface area contributed by atoms with Crippen LogP contribution in [-0.4, -0.2) is 16.5 Å². The molecule has 0 saturated carbocycles. The SMILES string of the molecule is CC(C)CC1(N)C=CC([N+](=O)[O-])=CC1N. The van der Waals surface area contributed by atoms with Gasteiger partial charge in [-0.05, 0) is 12.3 Å². The van der Waals surface area contributed by atoms with E-state index in [0.717, 1.165) is 0 Å². The third-order valence-electron chi connectivity index (χ3n) is 2.51. The van der Waals surface area contributed by atoms with E-state index in [1.807, 2.05) is 13.8 Å². The first-order chi connectivity index (χ1) is 6.85. The second-order valence-corrected chi connectivity index (χ2v) is 4.42. The third-order valence-corrected chi connectivity index (χ3v) is 2.51. The Balaban J connectivity index is 2.85. The summed E-state index contributed by atoms with van der Waals surface area (Å²) in [7, 11) is 0. The summed E-state index contributed by atoms with van der Waals surface area (Å²) in [6.45, 7) is 4.09. The zero-order valence-electron chi connectivity index (χ0n) is 9.01. The minimum atomic E-state index is -0.659. The molecule has 1 rings (SSSR count). The summed E-state index contributed by atoms with van der Waals surface area (Å²) in [5.41, 5.74) is 11.3. The van der Waals surface area contributed by atoms with Gasteiger partial charge in [-0.15, -0.1) is 0 Å². The number of hydrogen-bond donors (Lipinski definition) is 2. The van der Waals surface area contributed by atoms with Crippen molar-refractivity contribution in [1.29, 1.82) is 0 Å². The lowest BCUT2D eigenvalue weighted by atomic mass is 9.80. The van der Waals surface area contributed by atoms with E-state index < -0.39 is 16.5 Å². The van der Waals surface area contributed by atoms with Crippen molar-refractivity contribution in [2.75, 3.05) is 0 Å². The standard InChI is InChI=1S/C10H17N3O2/c1-7(2)6-10(12)4-3-8(13(14)15)5-9(10)11/h3-5,7,9H,6,11-12H2,1-2H3. The van der Waals surface area contributed by atoms with E-state index in [-0.39, 0.29) is 5.70 Å². The summed E-state index contributed by atoms with van der Waals surface area (Å²) in [5, 5.41) is 10.5. The van der Waals surface area contributed by atoms with Crippen molar-refractivity contribution in [2.45, 2.75) is 31.8 Å². The quantitative estimate of drug-likeness (QED) is 0.533. The van der Waals surface area contributed by atoms with Crippen LogP contribution < -0.4 is 11.5 Å². The monoisotopic (exact) mass is 211 g/mol. The zero-order chi connectivity index (χ0) is 11.6. The summed E-state index contributed by atoms with van der Waals surface area (Å²) >= 11 is 0. The highest BCUT2D eigenvalue weighted by Crippen LogP contribution is 2.24. The van der Waals surface area contributed by atoms with Gasteiger partial charge in [0.15, 0.2) is 0 Å². The van der Waals surface area contributed by atoms with Gasteiger partial charge in [-0.3, -0.25) is 10.1 Å². The topological polar surface area (TPSA) is 95.2 Å². The molecule has 0 aromatic heterocycles. The highest BCUT2D eigenvalue weighted by atomic mass is 16.6. The summed E-state index contributed by atoms with van der Waals surface area (Å²) in [6, 6.07) is -0.495. The first-order valence-electron chi connectivity index (χ1n) is 4.95. The molecule has 0 fully saturated rings. The van der Waals surface area contributed by atoms with Crippen LogP contribution in [0.1, 0.15) is 20.3 Å². The van der Waals surface area contributed by atoms with Gasteiger partial charge < -0.3 is 11.5 Å². The molecule has 1 aliphatic carbocycles. The van der Waals surface area contributed by atoms with Crippen LogP contribution in [0.15, 0.2) is 23.9 Å². The largest absolute Gasteiger partial charge is 0.322 e. The van der Waals surface area contributed by atoms with Crippen LogP contribution in [0.3, 0.4) is 0 Å². The summed E-state index contributed by atoms with van der Waals surface area (Å²) in [4.78, 5) is 10.1. The zero-order valence-corrected chi connectivity index (χ0v) is 9.01. The van der Waals surface area contributed by atoms with E-state index in [1.165, 1.54) is 12.2 Å². The normalized spacial score (nSPS) is 30.5. The van der Waals surface area contributed by atoms with Crippen LogP contribution in [0.2, 0.25) is 0 Å². The molecule has 2 unspecified atom stereocenters. The van der Waals surface area contributed by atoms with Gasteiger partial charge in [0, 0.05) is 12.2 Å². The van der Waals surface area contributed by atoms with Gasteiger partial charge in [0.1, 0.15) is 0 Å². The van der Waals surface area contributed by atoms with Gasteiger partial charge >= 0.3 is 0 Å². The first kappa shape index (κ1) is 11.9. The second-order valence-electron chi connectivity index (χ2n) is 4.42. The molecular formula is C10H17N3O2. The van der Waals surface area contributed by atoms with Crippen molar-refractivity contribution in [3.63, 3.8) is 0 Å². The number of nitro groups is 1. The predicted molar refractivity (Wildman–Crippen MR) is 58.6 cm³/mol. The van der Waals surface area contributed by atoms with E-state index in [9.17, 15) is 10.1 Å². The molecule has 1 aliphatic rings. The van der Waals surface area contributed by atoms with Crippen LogP contribution >= 0.6 is 0 Å². The van der Waals surface area contributed by atoms with Crippen molar-refractivity contribution in [2.24, 2.45) is 17.4 Å². The van der Waals surface area contributed by atoms with E-state index in [2.05, 4.69) is 0 Å². The van der Waals surface area contributed by atoms with Gasteiger partial charge in [-0.25, -0.2) is 0 Å². The van der Waals surface area contributed by atoms with Gasteiger partial charge in [-0.2, -0.15) is 0 Å². The number of hydrogen-bond acceptors (Lipinski definition) is 4. The maximum atomic E-state index is 10.5. The Kier molecular flexibility index (Phi) is 3.26. The number of rotatable bonds is 3. The number of nitrogens with two attached hydrogens (primary N) is 2. The Bertz CT molecular complexity index is 323. The molecule has 0 aliphatic heterocycles. The van der Waals surface area contributed by atoms with Crippen LogP contribution in [0.4, 0.5) is 0 Å². The molecule has 0 aromatic carbocycles. The van der Waals surface area contributed by atoms with Crippen molar-refractivity contribution >= 4 is 0 Å². The van der Waals surface area contributed by atoms with E-state index in [0.29, 0.717) is 12.3 Å². The average molecular weight is 211 g/mol.